The minimum atomic E-state index is -0.603. The molecule has 0 bridgehead atoms. The Hall–Kier alpha value is -3.69. The number of nitrogens with zero attached hydrogens (tertiary/aromatic N) is 2. The number of benzene rings is 2. The molecule has 2 N–H and O–H groups in total. The molecule has 3 aromatic rings. The Labute approximate surface area is 168 Å². The normalized spacial score (nSPS) is 22.2. The first-order valence-electron chi connectivity index (χ1n) is 9.49. The van der Waals surface area contributed by atoms with Crippen LogP contribution in [-0.4, -0.2) is 17.4 Å². The average molecular weight is 382 g/mol. The van der Waals surface area contributed by atoms with E-state index in [-0.39, 0.29) is 17.8 Å². The van der Waals surface area contributed by atoms with Gasteiger partial charge in [-0.05, 0) is 54.4 Å². The van der Waals surface area contributed by atoms with Crippen LogP contribution in [0.1, 0.15) is 29.2 Å². The van der Waals surface area contributed by atoms with Gasteiger partial charge in [-0.1, -0.05) is 30.3 Å². The zero-order valence-corrected chi connectivity index (χ0v) is 15.6. The van der Waals surface area contributed by atoms with E-state index in [9.17, 15) is 10.1 Å². The van der Waals surface area contributed by atoms with Crippen molar-refractivity contribution in [1.82, 2.24) is 10.3 Å². The lowest BCUT2D eigenvalue weighted by Gasteiger charge is -2.29. The van der Waals surface area contributed by atoms with Crippen molar-refractivity contribution in [3.63, 3.8) is 0 Å². The number of carbonyl (C=O) groups is 1. The summed E-state index contributed by atoms with van der Waals surface area (Å²) in [5.41, 5.74) is 2.74. The number of hydrogen-bond donors (Lipinski definition) is 2. The Kier molecular flexibility index (Phi) is 4.04. The minimum Gasteiger partial charge on any atom is -0.438 e. The Morgan fingerprint density at radius 1 is 1.10 bits per heavy atom. The maximum Gasteiger partial charge on any atom is 0.237 e. The van der Waals surface area contributed by atoms with Gasteiger partial charge >= 0.3 is 0 Å². The van der Waals surface area contributed by atoms with Crippen LogP contribution >= 0.6 is 0 Å². The molecule has 0 aliphatic carbocycles. The molecule has 2 aromatic carbocycles. The number of anilines is 1. The Morgan fingerprint density at radius 2 is 1.93 bits per heavy atom. The third-order valence-corrected chi connectivity index (χ3v) is 5.74. The topological polar surface area (TPSA) is 87.0 Å². The van der Waals surface area contributed by atoms with Crippen molar-refractivity contribution < 1.29 is 9.53 Å². The summed E-state index contributed by atoms with van der Waals surface area (Å²) in [7, 11) is 0. The molecule has 1 spiro atoms. The first-order chi connectivity index (χ1) is 14.2. The van der Waals surface area contributed by atoms with E-state index in [4.69, 9.17) is 4.74 Å². The third-order valence-electron chi connectivity index (χ3n) is 5.74. The van der Waals surface area contributed by atoms with E-state index in [1.54, 1.807) is 18.3 Å². The largest absolute Gasteiger partial charge is 0.438 e. The molecule has 6 nitrogen and oxygen atoms in total. The Balaban J connectivity index is 1.46. The highest BCUT2D eigenvalue weighted by Crippen LogP contribution is 2.51. The number of aromatic nitrogens is 1. The minimum absolute atomic E-state index is 0.0428. The van der Waals surface area contributed by atoms with Crippen LogP contribution in [0.25, 0.3) is 0 Å². The summed E-state index contributed by atoms with van der Waals surface area (Å²) in [5.74, 6) is 0.913. The molecule has 29 heavy (non-hydrogen) atoms. The van der Waals surface area contributed by atoms with Crippen molar-refractivity contribution in [3.8, 4) is 17.7 Å². The van der Waals surface area contributed by atoms with Crippen molar-refractivity contribution in [1.29, 1.82) is 5.26 Å². The quantitative estimate of drug-likeness (QED) is 0.722. The van der Waals surface area contributed by atoms with Gasteiger partial charge in [-0.2, -0.15) is 5.26 Å². The highest BCUT2D eigenvalue weighted by molar-refractivity contribution is 6.07. The number of para-hydroxylation sites is 1. The molecular formula is C23H18N4O2. The van der Waals surface area contributed by atoms with Gasteiger partial charge < -0.3 is 15.4 Å². The summed E-state index contributed by atoms with van der Waals surface area (Å²) in [6, 6.07) is 20.8. The number of ether oxygens (including phenoxy) is 1. The van der Waals surface area contributed by atoms with Crippen molar-refractivity contribution >= 4 is 11.6 Å². The molecule has 2 aliphatic rings. The SMILES string of the molecule is N#Cc1cccnc1Oc1ccc([C@H]2NCC[C@@]23C(=O)Nc2ccccc23)cc1. The lowest BCUT2D eigenvalue weighted by molar-refractivity contribution is -0.121. The van der Waals surface area contributed by atoms with Crippen LogP contribution in [-0.2, 0) is 10.2 Å². The zero-order valence-electron chi connectivity index (χ0n) is 15.6. The highest BCUT2D eigenvalue weighted by atomic mass is 16.5. The summed E-state index contributed by atoms with van der Waals surface area (Å²) in [4.78, 5) is 17.1. The molecule has 1 fully saturated rings. The van der Waals surface area contributed by atoms with Crippen LogP contribution in [0, 0.1) is 11.3 Å². The maximum absolute atomic E-state index is 13.0. The van der Waals surface area contributed by atoms with E-state index < -0.39 is 5.41 Å². The van der Waals surface area contributed by atoms with Crippen LogP contribution in [0.15, 0.2) is 66.9 Å². The Bertz CT molecular complexity index is 1140. The molecular weight excluding hydrogens is 364 g/mol. The van der Waals surface area contributed by atoms with Gasteiger partial charge in [-0.25, -0.2) is 4.98 Å². The van der Waals surface area contributed by atoms with Crippen LogP contribution in [0.2, 0.25) is 0 Å². The van der Waals surface area contributed by atoms with E-state index in [1.807, 2.05) is 48.5 Å². The molecule has 1 amide bonds. The van der Waals surface area contributed by atoms with Gasteiger partial charge in [0, 0.05) is 11.9 Å². The van der Waals surface area contributed by atoms with Gasteiger partial charge in [0.25, 0.3) is 0 Å². The molecule has 6 heteroatoms. The lowest BCUT2D eigenvalue weighted by Crippen LogP contribution is -2.39. The predicted molar refractivity (Wildman–Crippen MR) is 108 cm³/mol. The second-order valence-corrected chi connectivity index (χ2v) is 7.25. The fourth-order valence-electron chi connectivity index (χ4n) is 4.40. The van der Waals surface area contributed by atoms with Gasteiger partial charge in [0.15, 0.2) is 0 Å². The number of nitrogens with one attached hydrogen (secondary N) is 2. The molecule has 2 aliphatic heterocycles. The first kappa shape index (κ1) is 17.4. The number of fused-ring (bicyclic) bond motifs is 2. The van der Waals surface area contributed by atoms with Crippen molar-refractivity contribution in [2.75, 3.05) is 11.9 Å². The standard InChI is InChI=1S/C23H18N4O2/c24-14-16-4-3-12-26-21(16)29-17-9-7-15(8-10-17)20-23(11-13-25-20)18-5-1-2-6-19(18)27-22(23)28/h1-10,12,20,25H,11,13H2,(H,27,28)/t20-,23+/m1/s1. The molecule has 1 saturated heterocycles. The molecule has 0 unspecified atom stereocenters. The van der Waals surface area contributed by atoms with Gasteiger partial charge in [0.05, 0.1) is 11.5 Å². The summed E-state index contributed by atoms with van der Waals surface area (Å²) in [5, 5.41) is 15.7. The fraction of sp³-hybridized carbons (Fsp3) is 0.174. The molecule has 2 atom stereocenters. The molecule has 5 rings (SSSR count). The number of rotatable bonds is 3. The summed E-state index contributed by atoms with van der Waals surface area (Å²) >= 11 is 0. The highest BCUT2D eigenvalue weighted by Gasteiger charge is 2.55. The van der Waals surface area contributed by atoms with Crippen molar-refractivity contribution in [3.05, 3.63) is 83.6 Å². The number of carbonyl (C=O) groups excluding carboxylic acids is 1. The summed E-state index contributed by atoms with van der Waals surface area (Å²) in [6.07, 6.45) is 2.34. The van der Waals surface area contributed by atoms with E-state index in [2.05, 4.69) is 21.7 Å². The van der Waals surface area contributed by atoms with Gasteiger partial charge in [0.1, 0.15) is 17.4 Å². The number of nitriles is 1. The van der Waals surface area contributed by atoms with Crippen molar-refractivity contribution in [2.45, 2.75) is 17.9 Å². The molecule has 0 saturated carbocycles. The fourth-order valence-corrected chi connectivity index (χ4v) is 4.40. The van der Waals surface area contributed by atoms with Crippen LogP contribution < -0.4 is 15.4 Å². The van der Waals surface area contributed by atoms with Gasteiger partial charge in [0.2, 0.25) is 11.8 Å². The van der Waals surface area contributed by atoms with Gasteiger partial charge in [-0.15, -0.1) is 0 Å². The second-order valence-electron chi connectivity index (χ2n) is 7.25. The number of hydrogen-bond acceptors (Lipinski definition) is 5. The van der Waals surface area contributed by atoms with E-state index in [0.29, 0.717) is 11.3 Å². The van der Waals surface area contributed by atoms with Gasteiger partial charge in [-0.3, -0.25) is 4.79 Å². The number of amides is 1. The summed E-state index contributed by atoms with van der Waals surface area (Å²) in [6.45, 7) is 0.768. The van der Waals surface area contributed by atoms with Crippen LogP contribution in [0.4, 0.5) is 5.69 Å². The van der Waals surface area contributed by atoms with E-state index >= 15 is 0 Å². The monoisotopic (exact) mass is 382 g/mol. The summed E-state index contributed by atoms with van der Waals surface area (Å²) < 4.78 is 5.78. The Morgan fingerprint density at radius 3 is 2.76 bits per heavy atom. The first-order valence-corrected chi connectivity index (χ1v) is 9.49. The molecule has 1 aromatic heterocycles. The van der Waals surface area contributed by atoms with Crippen molar-refractivity contribution in [2.24, 2.45) is 0 Å². The number of pyridine rings is 1. The lowest BCUT2D eigenvalue weighted by atomic mass is 9.73. The van der Waals surface area contributed by atoms with E-state index in [0.717, 1.165) is 29.8 Å². The average Bonchev–Trinajstić information content (AvgIpc) is 3.32. The van der Waals surface area contributed by atoms with E-state index in [1.165, 1.54) is 0 Å². The zero-order chi connectivity index (χ0) is 19.8. The second kappa shape index (κ2) is 6.73. The predicted octanol–water partition coefficient (Wildman–Crippen LogP) is 3.67. The molecule has 3 heterocycles. The third kappa shape index (κ3) is 2.67. The molecule has 0 radical (unpaired) electrons. The van der Waals surface area contributed by atoms with Crippen LogP contribution in [0.5, 0.6) is 11.6 Å². The maximum atomic E-state index is 13.0. The smallest absolute Gasteiger partial charge is 0.237 e. The molecule has 142 valence electrons. The van der Waals surface area contributed by atoms with Crippen LogP contribution in [0.3, 0.4) is 0 Å².